The highest BCUT2D eigenvalue weighted by atomic mass is 16.4. The molecule has 1 aliphatic rings. The van der Waals surface area contributed by atoms with Crippen molar-refractivity contribution in [3.05, 3.63) is 144 Å². The number of benzene rings is 4. The summed E-state index contributed by atoms with van der Waals surface area (Å²) in [7, 11) is 0. The van der Waals surface area contributed by atoms with E-state index in [1.807, 2.05) is 54.6 Å². The molecule has 15 heteroatoms. The number of aliphatic hydroxyl groups excluding tert-OH is 1. The molecule has 2 heterocycles. The molecular weight excluding hydrogens is 779 g/mol. The number of hydrogen-bond donors (Lipinski definition) is 8. The van der Waals surface area contributed by atoms with Crippen LogP contribution in [0.5, 0.6) is 0 Å². The van der Waals surface area contributed by atoms with E-state index in [4.69, 9.17) is 5.73 Å². The molecule has 1 fully saturated rings. The Morgan fingerprint density at radius 3 is 1.77 bits per heavy atom. The molecule has 15 nitrogen and oxygen atoms in total. The van der Waals surface area contributed by atoms with Crippen LogP contribution < -0.4 is 27.0 Å². The number of para-hydroxylation sites is 1. The number of carboxylic acid groups (broad SMARTS) is 1. The predicted octanol–water partition coefficient (Wildman–Crippen LogP) is 1.77. The van der Waals surface area contributed by atoms with Crippen molar-refractivity contribution in [2.75, 3.05) is 13.2 Å². The van der Waals surface area contributed by atoms with Crippen molar-refractivity contribution in [1.82, 2.24) is 31.2 Å². The molecule has 0 bridgehead atoms. The Balaban J connectivity index is 1.22. The lowest BCUT2D eigenvalue weighted by Gasteiger charge is -2.30. The molecule has 6 rings (SSSR count). The Kier molecular flexibility index (Phi) is 15.0. The second-order valence-electron chi connectivity index (χ2n) is 15.2. The SMILES string of the molecule is N[C@@H](Cc1ccccc1)C(=O)N[C@@H](CO)C(=O)N[C@@H](Cc1ccccc1)C(=O)N[C@@H](Cc1c[nH]c2ccccc12)C(=O)N1CCC[C@H]1C(=O)N[C@@H](Cc1ccccc1)C(=O)O. The molecular formula is C46H51N7O8. The van der Waals surface area contributed by atoms with E-state index in [1.165, 1.54) is 4.90 Å². The lowest BCUT2D eigenvalue weighted by atomic mass is 10.0. The summed E-state index contributed by atoms with van der Waals surface area (Å²) in [4.78, 5) is 86.5. The summed E-state index contributed by atoms with van der Waals surface area (Å²) >= 11 is 0. The van der Waals surface area contributed by atoms with Crippen LogP contribution in [0.1, 0.15) is 35.1 Å². The van der Waals surface area contributed by atoms with Crippen LogP contribution in [-0.4, -0.2) is 105 Å². The molecule has 6 atom stereocenters. The average Bonchev–Trinajstić information content (AvgIpc) is 3.93. The van der Waals surface area contributed by atoms with Crippen LogP contribution in [0.15, 0.2) is 121 Å². The van der Waals surface area contributed by atoms with Crippen molar-refractivity contribution in [3.8, 4) is 0 Å². The van der Waals surface area contributed by atoms with E-state index < -0.39 is 78.4 Å². The molecule has 5 amide bonds. The predicted molar refractivity (Wildman–Crippen MR) is 228 cm³/mol. The Morgan fingerprint density at radius 1 is 0.639 bits per heavy atom. The number of H-pyrrole nitrogens is 1. The smallest absolute Gasteiger partial charge is 0.326 e. The summed E-state index contributed by atoms with van der Waals surface area (Å²) in [5, 5.41) is 31.7. The van der Waals surface area contributed by atoms with Crippen molar-refractivity contribution in [1.29, 1.82) is 0 Å². The fourth-order valence-electron chi connectivity index (χ4n) is 7.58. The number of likely N-dealkylation sites (tertiary alicyclic amines) is 1. The maximum Gasteiger partial charge on any atom is 0.326 e. The van der Waals surface area contributed by atoms with Gasteiger partial charge in [-0.2, -0.15) is 0 Å². The molecule has 1 saturated heterocycles. The van der Waals surface area contributed by atoms with Gasteiger partial charge in [-0.3, -0.25) is 24.0 Å². The zero-order chi connectivity index (χ0) is 43.3. The fourth-order valence-corrected chi connectivity index (χ4v) is 7.58. The normalized spacial score (nSPS) is 16.1. The number of nitrogens with two attached hydrogens (primary N) is 1. The maximum atomic E-state index is 14.7. The van der Waals surface area contributed by atoms with E-state index in [9.17, 15) is 39.0 Å². The van der Waals surface area contributed by atoms with Gasteiger partial charge in [0.25, 0.3) is 0 Å². The first-order valence-corrected chi connectivity index (χ1v) is 20.3. The minimum absolute atomic E-state index is 0.00577. The van der Waals surface area contributed by atoms with Crippen LogP contribution in [0.2, 0.25) is 0 Å². The number of rotatable bonds is 19. The van der Waals surface area contributed by atoms with Gasteiger partial charge >= 0.3 is 5.97 Å². The highest BCUT2D eigenvalue weighted by Crippen LogP contribution is 2.23. The molecule has 0 unspecified atom stereocenters. The number of fused-ring (bicyclic) bond motifs is 1. The first kappa shape index (κ1) is 43.7. The zero-order valence-electron chi connectivity index (χ0n) is 33.5. The molecule has 1 aromatic heterocycles. The van der Waals surface area contributed by atoms with Crippen LogP contribution in [0, 0.1) is 0 Å². The largest absolute Gasteiger partial charge is 0.480 e. The Morgan fingerprint density at radius 2 is 1.16 bits per heavy atom. The molecule has 5 aromatic rings. The van der Waals surface area contributed by atoms with Crippen LogP contribution in [0.4, 0.5) is 0 Å². The first-order chi connectivity index (χ1) is 29.5. The number of carboxylic acids is 1. The second kappa shape index (κ2) is 20.9. The molecule has 0 radical (unpaired) electrons. The van der Waals surface area contributed by atoms with Crippen LogP contribution in [0.3, 0.4) is 0 Å². The second-order valence-corrected chi connectivity index (χ2v) is 15.2. The molecule has 61 heavy (non-hydrogen) atoms. The number of nitrogens with one attached hydrogen (secondary N) is 5. The molecule has 4 aromatic carbocycles. The third-order valence-corrected chi connectivity index (χ3v) is 10.8. The van der Waals surface area contributed by atoms with Gasteiger partial charge in [-0.15, -0.1) is 0 Å². The lowest BCUT2D eigenvalue weighted by Crippen LogP contribution is -2.60. The Bertz CT molecular complexity index is 2290. The molecule has 0 saturated carbocycles. The summed E-state index contributed by atoms with van der Waals surface area (Å²) in [5.41, 5.74) is 9.86. The number of amides is 5. The van der Waals surface area contributed by atoms with Gasteiger partial charge in [-0.25, -0.2) is 4.79 Å². The number of carbonyl (C=O) groups excluding carboxylic acids is 5. The quantitative estimate of drug-likeness (QED) is 0.0605. The van der Waals surface area contributed by atoms with Crippen molar-refractivity contribution in [2.45, 2.75) is 74.8 Å². The first-order valence-electron chi connectivity index (χ1n) is 20.3. The number of nitrogens with zero attached hydrogens (tertiary/aromatic N) is 1. The minimum Gasteiger partial charge on any atom is -0.480 e. The van der Waals surface area contributed by atoms with Crippen molar-refractivity contribution < 1.29 is 39.0 Å². The van der Waals surface area contributed by atoms with E-state index in [2.05, 4.69) is 26.3 Å². The van der Waals surface area contributed by atoms with Gasteiger partial charge in [0.05, 0.1) is 12.6 Å². The number of aliphatic carboxylic acids is 1. The van der Waals surface area contributed by atoms with Gasteiger partial charge in [0.2, 0.25) is 29.5 Å². The number of aromatic amines is 1. The van der Waals surface area contributed by atoms with E-state index >= 15 is 0 Å². The van der Waals surface area contributed by atoms with Crippen molar-refractivity contribution >= 4 is 46.4 Å². The van der Waals surface area contributed by atoms with E-state index in [-0.39, 0.29) is 38.6 Å². The van der Waals surface area contributed by atoms with Crippen molar-refractivity contribution in [3.63, 3.8) is 0 Å². The highest BCUT2D eigenvalue weighted by Gasteiger charge is 2.40. The summed E-state index contributed by atoms with van der Waals surface area (Å²) in [6.45, 7) is -0.606. The molecule has 318 valence electrons. The third-order valence-electron chi connectivity index (χ3n) is 10.8. The van der Waals surface area contributed by atoms with E-state index in [0.717, 1.165) is 16.5 Å². The molecule has 0 spiro atoms. The van der Waals surface area contributed by atoms with Crippen LogP contribution in [-0.2, 0) is 54.5 Å². The van der Waals surface area contributed by atoms with E-state index in [1.54, 1.807) is 66.9 Å². The monoisotopic (exact) mass is 829 g/mol. The average molecular weight is 830 g/mol. The fraction of sp³-hybridized carbons (Fsp3) is 0.304. The number of aliphatic hydroxyl groups is 1. The van der Waals surface area contributed by atoms with Gasteiger partial charge in [-0.05, 0) is 47.6 Å². The third kappa shape index (κ3) is 11.7. The minimum atomic E-state index is -1.45. The highest BCUT2D eigenvalue weighted by molar-refractivity contribution is 5.97. The van der Waals surface area contributed by atoms with Crippen LogP contribution in [0.25, 0.3) is 10.9 Å². The maximum absolute atomic E-state index is 14.7. The van der Waals surface area contributed by atoms with Crippen molar-refractivity contribution in [2.24, 2.45) is 5.73 Å². The van der Waals surface area contributed by atoms with Gasteiger partial charge in [-0.1, -0.05) is 109 Å². The summed E-state index contributed by atoms with van der Waals surface area (Å²) in [6.07, 6.45) is 2.70. The van der Waals surface area contributed by atoms with Gasteiger partial charge in [0.1, 0.15) is 30.2 Å². The Labute approximate surface area is 353 Å². The standard InChI is InChI=1S/C46H51N7O8/c47-34(23-29-13-4-1-5-14-29)41(55)52-39(28-54)43(57)49-36(24-30-15-6-2-7-16-30)42(56)50-37(26-32-27-48-35-20-11-10-19-33(32)35)45(59)53-22-12-21-40(53)44(58)51-38(46(60)61)25-31-17-8-3-9-18-31/h1-11,13-20,27,34,36-40,48,54H,12,21-26,28,47H2,(H,49,57)(H,50,56)(H,51,58)(H,52,55)(H,60,61)/t34-,36-,37-,38-,39-,40-/m0/s1. The topological polar surface area (TPSA) is 236 Å². The summed E-state index contributed by atoms with van der Waals surface area (Å²) < 4.78 is 0. The molecule has 1 aliphatic heterocycles. The molecule has 9 N–H and O–H groups in total. The van der Waals surface area contributed by atoms with E-state index in [0.29, 0.717) is 23.1 Å². The summed E-state index contributed by atoms with van der Waals surface area (Å²) in [6, 6.07) is 27.0. The zero-order valence-corrected chi connectivity index (χ0v) is 33.5. The van der Waals surface area contributed by atoms with Gasteiger partial charge in [0, 0.05) is 42.9 Å². The van der Waals surface area contributed by atoms with Crippen LogP contribution >= 0.6 is 0 Å². The van der Waals surface area contributed by atoms with Gasteiger partial charge in [0.15, 0.2) is 0 Å². The molecule has 0 aliphatic carbocycles. The number of hydrogen-bond acceptors (Lipinski definition) is 8. The summed E-state index contributed by atoms with van der Waals surface area (Å²) in [5.74, 6) is -4.66. The van der Waals surface area contributed by atoms with Gasteiger partial charge < -0.3 is 47.1 Å². The Hall–Kier alpha value is -6.84. The number of aromatic nitrogens is 1. The lowest BCUT2D eigenvalue weighted by molar-refractivity contribution is -0.145. The number of carbonyl (C=O) groups is 6.